The van der Waals surface area contributed by atoms with E-state index in [-0.39, 0.29) is 17.6 Å². The molecule has 8 nitrogen and oxygen atoms in total. The summed E-state index contributed by atoms with van der Waals surface area (Å²) in [7, 11) is 0. The maximum atomic E-state index is 11.7. The summed E-state index contributed by atoms with van der Waals surface area (Å²) in [5, 5.41) is 23.0. The van der Waals surface area contributed by atoms with Crippen molar-refractivity contribution in [1.29, 1.82) is 5.26 Å². The number of hydrogen-bond donors (Lipinski definition) is 2. The predicted octanol–water partition coefficient (Wildman–Crippen LogP) is 5.40. The van der Waals surface area contributed by atoms with Gasteiger partial charge in [0, 0.05) is 42.6 Å². The summed E-state index contributed by atoms with van der Waals surface area (Å²) in [6, 6.07) is 23.3. The van der Waals surface area contributed by atoms with Crippen molar-refractivity contribution in [1.82, 2.24) is 9.97 Å². The Morgan fingerprint density at radius 2 is 1.84 bits per heavy atom. The second-order valence-electron chi connectivity index (χ2n) is 9.77. The smallest absolute Gasteiger partial charge is 0.337 e. The lowest BCUT2D eigenvalue weighted by Crippen LogP contribution is -2.52. The summed E-state index contributed by atoms with van der Waals surface area (Å²) in [5.41, 5.74) is 5.48. The third-order valence-electron chi connectivity index (χ3n) is 7.05. The summed E-state index contributed by atoms with van der Waals surface area (Å²) in [6.07, 6.45) is 0. The minimum atomic E-state index is -0.987. The van der Waals surface area contributed by atoms with Crippen LogP contribution in [0.4, 0.5) is 17.2 Å². The Morgan fingerprint density at radius 1 is 1.11 bits per heavy atom. The number of nitrogens with zero attached hydrogens (tertiary/aromatic N) is 5. The van der Waals surface area contributed by atoms with Crippen LogP contribution in [0.5, 0.6) is 0 Å². The largest absolute Gasteiger partial charge is 0.478 e. The summed E-state index contributed by atoms with van der Waals surface area (Å²) < 4.78 is 0. The van der Waals surface area contributed by atoms with Gasteiger partial charge in [-0.25, -0.2) is 14.8 Å². The monoisotopic (exact) mass is 506 g/mol. The molecule has 2 N–H and O–H groups in total. The quantitative estimate of drug-likeness (QED) is 0.358. The van der Waals surface area contributed by atoms with Gasteiger partial charge in [-0.3, -0.25) is 0 Å². The minimum absolute atomic E-state index is 0.120. The van der Waals surface area contributed by atoms with E-state index in [9.17, 15) is 15.2 Å². The van der Waals surface area contributed by atoms with E-state index in [1.54, 1.807) is 18.2 Å². The van der Waals surface area contributed by atoms with Crippen molar-refractivity contribution in [2.24, 2.45) is 0 Å². The number of nitriles is 1. The van der Waals surface area contributed by atoms with E-state index in [1.165, 1.54) is 5.69 Å². The lowest BCUT2D eigenvalue weighted by Gasteiger charge is -2.41. The number of anilines is 3. The van der Waals surface area contributed by atoms with Crippen LogP contribution >= 0.6 is 0 Å². The number of piperazine rings is 1. The number of aromatic nitrogens is 2. The van der Waals surface area contributed by atoms with Gasteiger partial charge in [0.05, 0.1) is 22.6 Å². The van der Waals surface area contributed by atoms with Gasteiger partial charge in [0.15, 0.2) is 11.5 Å². The van der Waals surface area contributed by atoms with Gasteiger partial charge in [-0.05, 0) is 56.7 Å². The predicted molar refractivity (Wildman–Crippen MR) is 150 cm³/mol. The molecule has 0 aliphatic carbocycles. The summed E-state index contributed by atoms with van der Waals surface area (Å²) in [4.78, 5) is 26.0. The van der Waals surface area contributed by atoms with Crippen molar-refractivity contribution in [2.75, 3.05) is 34.8 Å². The highest BCUT2D eigenvalue weighted by molar-refractivity contribution is 5.94. The van der Waals surface area contributed by atoms with Gasteiger partial charge in [-0.15, -0.1) is 0 Å². The van der Waals surface area contributed by atoms with Crippen LogP contribution < -0.4 is 15.1 Å². The summed E-state index contributed by atoms with van der Waals surface area (Å²) in [5.74, 6) is -0.401. The van der Waals surface area contributed by atoms with Crippen LogP contribution in [0.3, 0.4) is 0 Å². The van der Waals surface area contributed by atoms with E-state index < -0.39 is 5.97 Å². The molecule has 8 heteroatoms. The van der Waals surface area contributed by atoms with Gasteiger partial charge in [-0.1, -0.05) is 36.4 Å². The highest BCUT2D eigenvalue weighted by Gasteiger charge is 2.28. The van der Waals surface area contributed by atoms with E-state index in [4.69, 9.17) is 9.97 Å². The number of carboxylic acids is 1. The number of aromatic carboxylic acids is 1. The van der Waals surface area contributed by atoms with Crippen molar-refractivity contribution in [2.45, 2.75) is 32.9 Å². The normalized spacial score (nSPS) is 16.2. The molecule has 0 amide bonds. The van der Waals surface area contributed by atoms with E-state index >= 15 is 0 Å². The minimum Gasteiger partial charge on any atom is -0.478 e. The molecule has 0 bridgehead atoms. The van der Waals surface area contributed by atoms with Crippen LogP contribution in [0.15, 0.2) is 66.7 Å². The Morgan fingerprint density at radius 3 is 2.55 bits per heavy atom. The third kappa shape index (κ3) is 4.83. The fraction of sp³-hybridized carbons (Fsp3) is 0.267. The van der Waals surface area contributed by atoms with Crippen molar-refractivity contribution in [3.8, 4) is 6.07 Å². The zero-order valence-electron chi connectivity index (χ0n) is 21.7. The van der Waals surface area contributed by atoms with Crippen molar-refractivity contribution < 1.29 is 9.90 Å². The summed E-state index contributed by atoms with van der Waals surface area (Å²) >= 11 is 0. The van der Waals surface area contributed by atoms with Crippen LogP contribution in [0.2, 0.25) is 0 Å². The zero-order valence-corrected chi connectivity index (χ0v) is 21.7. The molecule has 0 radical (unpaired) electrons. The number of carbonyl (C=O) groups is 1. The molecular weight excluding hydrogens is 476 g/mol. The molecule has 1 aromatic heterocycles. The number of hydrogen-bond acceptors (Lipinski definition) is 7. The molecule has 4 aromatic rings. The molecule has 5 rings (SSSR count). The first-order chi connectivity index (χ1) is 18.4. The molecule has 1 unspecified atom stereocenters. The topological polar surface area (TPSA) is 105 Å². The molecule has 192 valence electrons. The van der Waals surface area contributed by atoms with Crippen LogP contribution in [0.25, 0.3) is 11.0 Å². The van der Waals surface area contributed by atoms with Crippen molar-refractivity contribution >= 4 is 34.2 Å². The first kappa shape index (κ1) is 25.0. The Bertz CT molecular complexity index is 1530. The SMILES string of the molecule is Cc1cc([C@@H](C)Nc2ccccc2C(=O)O)c2nc(N3CCN(c4ccccc4)CC3C)c(C#N)nc2c1. The number of fused-ring (bicyclic) bond motifs is 1. The van der Waals surface area contributed by atoms with Crippen LogP contribution in [0, 0.1) is 18.3 Å². The average Bonchev–Trinajstić information content (AvgIpc) is 2.92. The number of aryl methyl sites for hydroxylation is 1. The first-order valence-corrected chi connectivity index (χ1v) is 12.7. The van der Waals surface area contributed by atoms with Gasteiger partial charge < -0.3 is 20.2 Å². The van der Waals surface area contributed by atoms with Gasteiger partial charge >= 0.3 is 5.97 Å². The molecule has 1 fully saturated rings. The average molecular weight is 507 g/mol. The lowest BCUT2D eigenvalue weighted by molar-refractivity contribution is 0.0698. The van der Waals surface area contributed by atoms with Gasteiger partial charge in [-0.2, -0.15) is 5.26 Å². The van der Waals surface area contributed by atoms with Crippen LogP contribution in [0.1, 0.15) is 47.1 Å². The number of rotatable bonds is 6. The molecule has 1 aliphatic heterocycles. The second kappa shape index (κ2) is 10.4. The lowest BCUT2D eigenvalue weighted by atomic mass is 10.0. The van der Waals surface area contributed by atoms with E-state index in [0.29, 0.717) is 34.8 Å². The fourth-order valence-corrected chi connectivity index (χ4v) is 5.18. The van der Waals surface area contributed by atoms with E-state index in [2.05, 4.69) is 40.2 Å². The molecule has 1 saturated heterocycles. The molecule has 0 saturated carbocycles. The maximum absolute atomic E-state index is 11.7. The Labute approximate surface area is 222 Å². The Kier molecular flexibility index (Phi) is 6.84. The summed E-state index contributed by atoms with van der Waals surface area (Å²) in [6.45, 7) is 8.43. The van der Waals surface area contributed by atoms with Crippen LogP contribution in [-0.4, -0.2) is 46.7 Å². The highest BCUT2D eigenvalue weighted by Crippen LogP contribution is 2.32. The maximum Gasteiger partial charge on any atom is 0.337 e. The van der Waals surface area contributed by atoms with Gasteiger partial charge in [0.1, 0.15) is 6.07 Å². The number of carboxylic acid groups (broad SMARTS) is 1. The molecule has 3 aromatic carbocycles. The zero-order chi connectivity index (χ0) is 26.8. The second-order valence-corrected chi connectivity index (χ2v) is 9.77. The Balaban J connectivity index is 1.51. The standard InChI is InChI=1S/C30H30N6O2/c1-19-15-24(21(3)32-25-12-8-7-11-23(25)30(37)38)28-26(16-19)33-27(17-31)29(34-28)36-14-13-35(18-20(36)2)22-9-5-4-6-10-22/h4-12,15-16,20-21,32H,13-14,18H2,1-3H3,(H,37,38)/t20?,21-/m1/s1. The van der Waals surface area contributed by atoms with Crippen molar-refractivity contribution in [3.63, 3.8) is 0 Å². The molecule has 38 heavy (non-hydrogen) atoms. The van der Waals surface area contributed by atoms with Crippen molar-refractivity contribution in [3.05, 3.63) is 89.1 Å². The van der Waals surface area contributed by atoms with E-state index in [1.807, 2.05) is 50.2 Å². The van der Waals surface area contributed by atoms with E-state index in [0.717, 1.165) is 24.2 Å². The molecule has 1 aliphatic rings. The Hall–Kier alpha value is -4.64. The van der Waals surface area contributed by atoms with Crippen LogP contribution in [-0.2, 0) is 0 Å². The third-order valence-corrected chi connectivity index (χ3v) is 7.05. The molecule has 0 spiro atoms. The first-order valence-electron chi connectivity index (χ1n) is 12.7. The number of benzene rings is 3. The highest BCUT2D eigenvalue weighted by atomic mass is 16.4. The van der Waals surface area contributed by atoms with Gasteiger partial charge in [0.25, 0.3) is 0 Å². The van der Waals surface area contributed by atoms with Gasteiger partial charge in [0.2, 0.25) is 0 Å². The molecular formula is C30H30N6O2. The fourth-order valence-electron chi connectivity index (χ4n) is 5.18. The number of para-hydroxylation sites is 2. The molecule has 2 heterocycles. The molecule has 2 atom stereocenters. The number of nitrogens with one attached hydrogen (secondary N) is 1.